The molecule has 16 heavy (non-hydrogen) atoms. The van der Waals surface area contributed by atoms with Gasteiger partial charge < -0.3 is 4.79 Å². The highest BCUT2D eigenvalue weighted by molar-refractivity contribution is 5.61. The molecule has 2 aliphatic carbocycles. The minimum atomic E-state index is 0.158. The van der Waals surface area contributed by atoms with E-state index in [-0.39, 0.29) is 11.3 Å². The molecule has 0 N–H and O–H groups in total. The Labute approximate surface area is 99.3 Å². The lowest BCUT2D eigenvalue weighted by Gasteiger charge is -2.55. The lowest BCUT2D eigenvalue weighted by molar-refractivity contribution is -0.119. The fraction of sp³-hybridized carbons (Fsp3) is 0.800. The fourth-order valence-electron chi connectivity index (χ4n) is 4.34. The molecule has 1 saturated carbocycles. The third kappa shape index (κ3) is 1.56. The number of carbonyl (C=O) groups is 1. The summed E-state index contributed by atoms with van der Waals surface area (Å²) >= 11 is 0. The van der Waals surface area contributed by atoms with Crippen molar-refractivity contribution in [3.8, 4) is 0 Å². The summed E-state index contributed by atoms with van der Waals surface area (Å²) in [5.41, 5.74) is 1.90. The first-order valence-corrected chi connectivity index (χ1v) is 6.54. The molecule has 0 amide bonds. The van der Waals surface area contributed by atoms with Crippen LogP contribution in [0.25, 0.3) is 0 Å². The van der Waals surface area contributed by atoms with E-state index in [0.717, 1.165) is 0 Å². The highest BCUT2D eigenvalue weighted by atomic mass is 16.1. The number of carbonyl (C=O) groups excluding carboxylic acids is 1. The van der Waals surface area contributed by atoms with Crippen LogP contribution in [0.4, 0.5) is 0 Å². The van der Waals surface area contributed by atoms with Crippen molar-refractivity contribution in [3.63, 3.8) is 0 Å². The summed E-state index contributed by atoms with van der Waals surface area (Å²) < 4.78 is 0. The molecular formula is C15H24O. The van der Waals surface area contributed by atoms with Gasteiger partial charge in [-0.15, -0.1) is 0 Å². The SMILES string of the molecule is CC1=CCC2C(C)(C)CCC[C@]2(C)[C@H]1C=O. The molecule has 0 heterocycles. The van der Waals surface area contributed by atoms with Gasteiger partial charge in [-0.1, -0.05) is 38.8 Å². The first kappa shape index (κ1) is 11.9. The van der Waals surface area contributed by atoms with Crippen LogP contribution in [-0.2, 0) is 4.79 Å². The normalized spacial score (nSPS) is 42.1. The highest BCUT2D eigenvalue weighted by Crippen LogP contribution is 2.58. The van der Waals surface area contributed by atoms with E-state index < -0.39 is 0 Å². The number of allylic oxidation sites excluding steroid dienone is 2. The Morgan fingerprint density at radius 1 is 1.31 bits per heavy atom. The van der Waals surface area contributed by atoms with Gasteiger partial charge in [0.2, 0.25) is 0 Å². The van der Waals surface area contributed by atoms with Crippen molar-refractivity contribution in [2.45, 2.75) is 53.4 Å². The molecule has 1 heteroatoms. The first-order valence-electron chi connectivity index (χ1n) is 6.54. The Morgan fingerprint density at radius 3 is 2.62 bits per heavy atom. The van der Waals surface area contributed by atoms with Gasteiger partial charge in [0.05, 0.1) is 0 Å². The standard InChI is InChI=1S/C15H24O/c1-11-6-7-13-14(2,3)8-5-9-15(13,4)12(11)10-16/h6,10,12-13H,5,7-9H2,1-4H3/t12-,13?,15+/m0/s1. The molecule has 2 aliphatic rings. The van der Waals surface area contributed by atoms with E-state index in [1.165, 1.54) is 37.5 Å². The van der Waals surface area contributed by atoms with Crippen LogP contribution in [0.1, 0.15) is 53.4 Å². The number of aldehydes is 1. The van der Waals surface area contributed by atoms with E-state index in [4.69, 9.17) is 0 Å². The predicted molar refractivity (Wildman–Crippen MR) is 67.2 cm³/mol. The largest absolute Gasteiger partial charge is 0.303 e. The van der Waals surface area contributed by atoms with Crippen molar-refractivity contribution in [2.24, 2.45) is 22.7 Å². The predicted octanol–water partition coefficient (Wildman–Crippen LogP) is 3.98. The van der Waals surface area contributed by atoms with E-state index >= 15 is 0 Å². The number of hydrogen-bond acceptors (Lipinski definition) is 1. The van der Waals surface area contributed by atoms with Crippen LogP contribution in [0.3, 0.4) is 0 Å². The van der Waals surface area contributed by atoms with Gasteiger partial charge in [-0.3, -0.25) is 0 Å². The molecule has 0 saturated heterocycles. The van der Waals surface area contributed by atoms with Crippen LogP contribution < -0.4 is 0 Å². The molecule has 90 valence electrons. The van der Waals surface area contributed by atoms with E-state index in [0.29, 0.717) is 11.3 Å². The van der Waals surface area contributed by atoms with Gasteiger partial charge >= 0.3 is 0 Å². The Balaban J connectivity index is 2.42. The van der Waals surface area contributed by atoms with Crippen molar-refractivity contribution in [3.05, 3.63) is 11.6 Å². The molecule has 0 aromatic carbocycles. The molecule has 0 radical (unpaired) electrons. The lowest BCUT2D eigenvalue weighted by Crippen LogP contribution is -2.48. The van der Waals surface area contributed by atoms with E-state index in [2.05, 4.69) is 33.8 Å². The maximum atomic E-state index is 11.4. The Hall–Kier alpha value is -0.590. The summed E-state index contributed by atoms with van der Waals surface area (Å²) in [5, 5.41) is 0. The number of hydrogen-bond donors (Lipinski definition) is 0. The van der Waals surface area contributed by atoms with Crippen LogP contribution >= 0.6 is 0 Å². The van der Waals surface area contributed by atoms with Crippen LogP contribution in [0.5, 0.6) is 0 Å². The van der Waals surface area contributed by atoms with E-state index in [1.54, 1.807) is 0 Å². The summed E-state index contributed by atoms with van der Waals surface area (Å²) in [7, 11) is 0. The average Bonchev–Trinajstić information content (AvgIpc) is 2.15. The number of rotatable bonds is 1. The molecule has 1 unspecified atom stereocenters. The van der Waals surface area contributed by atoms with Gasteiger partial charge in [-0.05, 0) is 42.9 Å². The van der Waals surface area contributed by atoms with Crippen molar-refractivity contribution >= 4 is 6.29 Å². The topological polar surface area (TPSA) is 17.1 Å². The first-order chi connectivity index (χ1) is 7.42. The zero-order chi connectivity index (χ0) is 12.0. The second-order valence-electron chi connectivity index (χ2n) is 6.70. The van der Waals surface area contributed by atoms with Gasteiger partial charge in [0.25, 0.3) is 0 Å². The Kier molecular flexibility index (Phi) is 2.76. The zero-order valence-corrected chi connectivity index (χ0v) is 11.0. The molecule has 1 fully saturated rings. The van der Waals surface area contributed by atoms with Crippen molar-refractivity contribution in [1.29, 1.82) is 0 Å². The minimum Gasteiger partial charge on any atom is -0.303 e. The highest BCUT2D eigenvalue weighted by Gasteiger charge is 2.51. The maximum absolute atomic E-state index is 11.4. The summed E-state index contributed by atoms with van der Waals surface area (Å²) in [5.74, 6) is 0.832. The van der Waals surface area contributed by atoms with Crippen LogP contribution in [0.2, 0.25) is 0 Å². The molecule has 0 aromatic rings. The van der Waals surface area contributed by atoms with Gasteiger partial charge in [0, 0.05) is 5.92 Å². The molecule has 0 bridgehead atoms. The second kappa shape index (κ2) is 3.72. The van der Waals surface area contributed by atoms with Crippen molar-refractivity contribution in [1.82, 2.24) is 0 Å². The molecule has 0 spiro atoms. The van der Waals surface area contributed by atoms with E-state index in [9.17, 15) is 4.79 Å². The molecular weight excluding hydrogens is 196 g/mol. The monoisotopic (exact) mass is 220 g/mol. The average molecular weight is 220 g/mol. The van der Waals surface area contributed by atoms with Gasteiger partial charge in [0.15, 0.2) is 0 Å². The Morgan fingerprint density at radius 2 is 2.00 bits per heavy atom. The summed E-state index contributed by atoms with van der Waals surface area (Å²) in [4.78, 5) is 11.4. The van der Waals surface area contributed by atoms with Crippen LogP contribution in [0.15, 0.2) is 11.6 Å². The van der Waals surface area contributed by atoms with Gasteiger partial charge in [0.1, 0.15) is 6.29 Å². The van der Waals surface area contributed by atoms with E-state index in [1.807, 2.05) is 0 Å². The number of fused-ring (bicyclic) bond motifs is 1. The van der Waals surface area contributed by atoms with Gasteiger partial charge in [-0.25, -0.2) is 0 Å². The molecule has 3 atom stereocenters. The molecule has 0 aromatic heterocycles. The van der Waals surface area contributed by atoms with Crippen LogP contribution in [-0.4, -0.2) is 6.29 Å². The molecule has 1 nitrogen and oxygen atoms in total. The fourth-order valence-corrected chi connectivity index (χ4v) is 4.34. The summed E-state index contributed by atoms with van der Waals surface area (Å²) in [6, 6.07) is 0. The van der Waals surface area contributed by atoms with Gasteiger partial charge in [-0.2, -0.15) is 0 Å². The summed E-state index contributed by atoms with van der Waals surface area (Å²) in [6.45, 7) is 9.23. The lowest BCUT2D eigenvalue weighted by atomic mass is 9.49. The summed E-state index contributed by atoms with van der Waals surface area (Å²) in [6.07, 6.45) is 8.47. The third-order valence-electron chi connectivity index (χ3n) is 5.29. The molecule has 0 aliphatic heterocycles. The minimum absolute atomic E-state index is 0.158. The quantitative estimate of drug-likeness (QED) is 0.482. The van der Waals surface area contributed by atoms with Crippen molar-refractivity contribution in [2.75, 3.05) is 0 Å². The molecule has 2 rings (SSSR count). The Bertz CT molecular complexity index is 326. The third-order valence-corrected chi connectivity index (χ3v) is 5.29. The zero-order valence-electron chi connectivity index (χ0n) is 11.0. The van der Waals surface area contributed by atoms with Crippen molar-refractivity contribution < 1.29 is 4.79 Å². The second-order valence-corrected chi connectivity index (χ2v) is 6.70. The maximum Gasteiger partial charge on any atom is 0.127 e. The smallest absolute Gasteiger partial charge is 0.127 e. The van der Waals surface area contributed by atoms with Crippen LogP contribution in [0, 0.1) is 22.7 Å².